The van der Waals surface area contributed by atoms with Gasteiger partial charge in [0.1, 0.15) is 5.75 Å². The van der Waals surface area contributed by atoms with Crippen molar-refractivity contribution in [3.05, 3.63) is 28.8 Å². The van der Waals surface area contributed by atoms with Crippen LogP contribution in [0.5, 0.6) is 5.75 Å². The zero-order valence-electron chi connectivity index (χ0n) is 10.5. The van der Waals surface area contributed by atoms with Crippen molar-refractivity contribution >= 4 is 21.7 Å². The third-order valence-corrected chi connectivity index (χ3v) is 2.65. The zero-order chi connectivity index (χ0) is 13.4. The molecule has 1 rings (SSSR count). The third-order valence-electron chi connectivity index (χ3n) is 2.14. The molecule has 3 nitrogen and oxygen atoms in total. The summed E-state index contributed by atoms with van der Waals surface area (Å²) in [6.45, 7) is 5.27. The summed E-state index contributed by atoms with van der Waals surface area (Å²) in [6.07, 6.45) is 0. The van der Waals surface area contributed by atoms with E-state index in [1.54, 1.807) is 13.2 Å². The van der Waals surface area contributed by atoms with Crippen molar-refractivity contribution in [1.82, 2.24) is 0 Å². The number of benzene rings is 1. The Morgan fingerprint density at radius 3 is 2.12 bits per heavy atom. The van der Waals surface area contributed by atoms with Gasteiger partial charge in [-0.3, -0.25) is 4.79 Å². The summed E-state index contributed by atoms with van der Waals surface area (Å²) in [5.74, 6) is 0.911. The predicted octanol–water partition coefficient (Wildman–Crippen LogP) is 3.42. The van der Waals surface area contributed by atoms with Crippen molar-refractivity contribution in [3.63, 3.8) is 0 Å². The van der Waals surface area contributed by atoms with Crippen LogP contribution in [-0.4, -0.2) is 18.2 Å². The minimum atomic E-state index is 0.114. The fraction of sp³-hybridized carbons (Fsp3) is 0.385. The van der Waals surface area contributed by atoms with Gasteiger partial charge in [-0.15, -0.1) is 0 Å². The molecule has 0 aliphatic heterocycles. The Morgan fingerprint density at radius 2 is 1.82 bits per heavy atom. The molecule has 0 saturated heterocycles. The lowest BCUT2D eigenvalue weighted by Crippen LogP contribution is -2.05. The molecular formula is C13H16BrNO2. The first-order valence-corrected chi connectivity index (χ1v) is 6.19. The highest BCUT2D eigenvalue weighted by Crippen LogP contribution is 2.22. The molecule has 0 atom stereocenters. The van der Waals surface area contributed by atoms with E-state index in [-0.39, 0.29) is 5.78 Å². The van der Waals surface area contributed by atoms with Crippen LogP contribution in [0, 0.1) is 25.2 Å². The number of hydrogen-bond donors (Lipinski definition) is 0. The van der Waals surface area contributed by atoms with Gasteiger partial charge in [-0.25, -0.2) is 0 Å². The second-order valence-corrected chi connectivity index (χ2v) is 3.98. The van der Waals surface area contributed by atoms with E-state index in [0.717, 1.165) is 22.4 Å². The normalized spacial score (nSPS) is 8.71. The number of hydrogen-bond acceptors (Lipinski definition) is 3. The Hall–Kier alpha value is -1.34. The second kappa shape index (κ2) is 7.86. The highest BCUT2D eigenvalue weighted by atomic mass is 79.9. The standard InChI is InChI=1S/C11H13BrO2.C2H3N/c1-7-4-9(14-3)5-8(2)11(7)10(13)6-12;1-2-3/h4-5H,6H2,1-3H3;1H3. The van der Waals surface area contributed by atoms with Crippen molar-refractivity contribution in [2.45, 2.75) is 20.8 Å². The molecule has 0 radical (unpaired) electrons. The summed E-state index contributed by atoms with van der Waals surface area (Å²) in [6, 6.07) is 5.51. The van der Waals surface area contributed by atoms with Crippen LogP contribution in [0.2, 0.25) is 0 Å². The Morgan fingerprint density at radius 1 is 1.41 bits per heavy atom. The highest BCUT2D eigenvalue weighted by Gasteiger charge is 2.11. The molecule has 4 heteroatoms. The number of methoxy groups -OCH3 is 1. The number of halogens is 1. The van der Waals surface area contributed by atoms with Gasteiger partial charge in [0.2, 0.25) is 0 Å². The molecule has 0 fully saturated rings. The molecule has 0 bridgehead atoms. The van der Waals surface area contributed by atoms with Gasteiger partial charge in [0.15, 0.2) is 5.78 Å². The molecule has 1 aromatic rings. The predicted molar refractivity (Wildman–Crippen MR) is 71.9 cm³/mol. The topological polar surface area (TPSA) is 50.1 Å². The molecule has 92 valence electrons. The number of nitrogens with zero attached hydrogens (tertiary/aromatic N) is 1. The van der Waals surface area contributed by atoms with Gasteiger partial charge in [0.25, 0.3) is 0 Å². The summed E-state index contributed by atoms with van der Waals surface area (Å²) in [5, 5.41) is 7.68. The molecule has 0 amide bonds. The molecule has 0 aliphatic carbocycles. The van der Waals surface area contributed by atoms with Crippen LogP contribution >= 0.6 is 15.9 Å². The number of Topliss-reactive ketones (excluding diaryl/α,β-unsaturated/α-hetero) is 1. The van der Waals surface area contributed by atoms with Crippen molar-refractivity contribution in [3.8, 4) is 11.8 Å². The lowest BCUT2D eigenvalue weighted by atomic mass is 9.99. The van der Waals surface area contributed by atoms with Gasteiger partial charge < -0.3 is 4.74 Å². The van der Waals surface area contributed by atoms with E-state index in [0.29, 0.717) is 5.33 Å². The number of alkyl halides is 1. The first-order valence-electron chi connectivity index (χ1n) is 5.07. The number of ether oxygens (including phenoxy) is 1. The Kier molecular flexibility index (Phi) is 7.24. The number of nitriles is 1. The molecule has 0 heterocycles. The summed E-state index contributed by atoms with van der Waals surface area (Å²) >= 11 is 3.17. The average Bonchev–Trinajstić information content (AvgIpc) is 2.28. The summed E-state index contributed by atoms with van der Waals surface area (Å²) in [7, 11) is 1.63. The Labute approximate surface area is 111 Å². The maximum atomic E-state index is 11.6. The molecule has 0 spiro atoms. The van der Waals surface area contributed by atoms with Crippen molar-refractivity contribution in [2.75, 3.05) is 12.4 Å². The SMILES string of the molecule is CC#N.COc1cc(C)c(C(=O)CBr)c(C)c1. The molecule has 0 aromatic heterocycles. The Balaban J connectivity index is 0.000000770. The number of carbonyl (C=O) groups excluding carboxylic acids is 1. The van der Waals surface area contributed by atoms with E-state index in [1.165, 1.54) is 6.92 Å². The van der Waals surface area contributed by atoms with Crippen LogP contribution in [0.3, 0.4) is 0 Å². The molecule has 0 unspecified atom stereocenters. The van der Waals surface area contributed by atoms with Crippen LogP contribution in [0.1, 0.15) is 28.4 Å². The summed E-state index contributed by atoms with van der Waals surface area (Å²) < 4.78 is 5.12. The van der Waals surface area contributed by atoms with E-state index in [4.69, 9.17) is 10.00 Å². The van der Waals surface area contributed by atoms with Crippen LogP contribution in [0.4, 0.5) is 0 Å². The maximum Gasteiger partial charge on any atom is 0.173 e. The largest absolute Gasteiger partial charge is 0.497 e. The average molecular weight is 298 g/mol. The quantitative estimate of drug-likeness (QED) is 0.634. The lowest BCUT2D eigenvalue weighted by Gasteiger charge is -2.09. The van der Waals surface area contributed by atoms with Crippen LogP contribution in [0.15, 0.2) is 12.1 Å². The van der Waals surface area contributed by atoms with E-state index in [9.17, 15) is 4.79 Å². The van der Waals surface area contributed by atoms with Gasteiger partial charge in [0, 0.05) is 12.5 Å². The van der Waals surface area contributed by atoms with Gasteiger partial charge in [-0.1, -0.05) is 15.9 Å². The van der Waals surface area contributed by atoms with E-state index in [2.05, 4.69) is 15.9 Å². The fourth-order valence-corrected chi connectivity index (χ4v) is 1.83. The van der Waals surface area contributed by atoms with Crippen LogP contribution in [0.25, 0.3) is 0 Å². The first-order chi connectivity index (χ1) is 8.01. The van der Waals surface area contributed by atoms with Crippen molar-refractivity contribution < 1.29 is 9.53 Å². The first kappa shape index (κ1) is 15.7. The van der Waals surface area contributed by atoms with Gasteiger partial charge in [-0.2, -0.15) is 5.26 Å². The maximum absolute atomic E-state index is 11.6. The van der Waals surface area contributed by atoms with Crippen molar-refractivity contribution in [2.24, 2.45) is 0 Å². The third kappa shape index (κ3) is 4.58. The van der Waals surface area contributed by atoms with E-state index in [1.807, 2.05) is 26.0 Å². The van der Waals surface area contributed by atoms with Crippen LogP contribution < -0.4 is 4.74 Å². The summed E-state index contributed by atoms with van der Waals surface area (Å²) in [4.78, 5) is 11.6. The number of aryl methyl sites for hydroxylation is 2. The minimum Gasteiger partial charge on any atom is -0.497 e. The number of carbonyl (C=O) groups is 1. The zero-order valence-corrected chi connectivity index (χ0v) is 12.1. The second-order valence-electron chi connectivity index (χ2n) is 3.42. The highest BCUT2D eigenvalue weighted by molar-refractivity contribution is 9.09. The number of rotatable bonds is 3. The van der Waals surface area contributed by atoms with Crippen LogP contribution in [-0.2, 0) is 0 Å². The molecule has 0 aliphatic rings. The molecule has 17 heavy (non-hydrogen) atoms. The van der Waals surface area contributed by atoms with Crippen molar-refractivity contribution in [1.29, 1.82) is 5.26 Å². The molecule has 1 aromatic carbocycles. The van der Waals surface area contributed by atoms with E-state index >= 15 is 0 Å². The van der Waals surface area contributed by atoms with E-state index < -0.39 is 0 Å². The Bertz CT molecular complexity index is 413. The fourth-order valence-electron chi connectivity index (χ4n) is 1.55. The van der Waals surface area contributed by atoms with Gasteiger partial charge in [0.05, 0.1) is 18.5 Å². The molecular weight excluding hydrogens is 282 g/mol. The monoisotopic (exact) mass is 297 g/mol. The van der Waals surface area contributed by atoms with Gasteiger partial charge in [-0.05, 0) is 37.1 Å². The molecule has 0 saturated carbocycles. The van der Waals surface area contributed by atoms with Gasteiger partial charge >= 0.3 is 0 Å². The number of ketones is 1. The molecule has 0 N–H and O–H groups in total. The lowest BCUT2D eigenvalue weighted by molar-refractivity contribution is 0.102. The smallest absolute Gasteiger partial charge is 0.173 e. The minimum absolute atomic E-state index is 0.114. The summed E-state index contributed by atoms with van der Waals surface area (Å²) in [5.41, 5.74) is 2.72.